The quantitative estimate of drug-likeness (QED) is 0.944. The first-order valence-corrected chi connectivity index (χ1v) is 7.17. The van der Waals surface area contributed by atoms with Gasteiger partial charge in [0, 0.05) is 30.8 Å². The van der Waals surface area contributed by atoms with E-state index < -0.39 is 5.97 Å². The fourth-order valence-electron chi connectivity index (χ4n) is 3.14. The summed E-state index contributed by atoms with van der Waals surface area (Å²) >= 11 is 0. The molecule has 0 spiro atoms. The normalized spacial score (nSPS) is 16.5. The van der Waals surface area contributed by atoms with Gasteiger partial charge in [-0.05, 0) is 43.9 Å². The highest BCUT2D eigenvalue weighted by Gasteiger charge is 2.22. The van der Waals surface area contributed by atoms with Crippen LogP contribution in [0.25, 0.3) is 10.9 Å². The Hall–Kier alpha value is -1.88. The Morgan fingerprint density at radius 1 is 1.43 bits per heavy atom. The maximum absolute atomic E-state index is 13.6. The molecule has 0 radical (unpaired) electrons. The van der Waals surface area contributed by atoms with Crippen LogP contribution in [0.3, 0.4) is 0 Å². The second-order valence-electron chi connectivity index (χ2n) is 5.59. The smallest absolute Gasteiger partial charge is 0.338 e. The highest BCUT2D eigenvalue weighted by molar-refractivity contribution is 6.05. The molecule has 1 saturated heterocycles. The molecule has 0 amide bonds. The minimum atomic E-state index is -0.963. The molecule has 3 rings (SSSR count). The average Bonchev–Trinajstić information content (AvgIpc) is 2.73. The van der Waals surface area contributed by atoms with Crippen LogP contribution in [-0.2, 0) is 11.3 Å². The van der Waals surface area contributed by atoms with Gasteiger partial charge in [0.15, 0.2) is 0 Å². The standard InChI is InChI=1S/C16H18FNO3/c1-10-15(16(19)20)13-3-2-12(17)8-14(13)18(10)9-11-4-6-21-7-5-11/h2-3,8,11H,4-7,9H2,1H3,(H,19,20). The van der Waals surface area contributed by atoms with E-state index in [0.717, 1.165) is 26.1 Å². The maximum atomic E-state index is 13.6. The van der Waals surface area contributed by atoms with E-state index >= 15 is 0 Å². The molecule has 1 N–H and O–H groups in total. The molecule has 112 valence electrons. The molecule has 0 atom stereocenters. The van der Waals surface area contributed by atoms with Crippen LogP contribution >= 0.6 is 0 Å². The zero-order valence-electron chi connectivity index (χ0n) is 11.9. The number of hydrogen-bond acceptors (Lipinski definition) is 2. The van der Waals surface area contributed by atoms with E-state index in [4.69, 9.17) is 4.74 Å². The van der Waals surface area contributed by atoms with Gasteiger partial charge in [0.2, 0.25) is 0 Å². The van der Waals surface area contributed by atoms with Gasteiger partial charge in [-0.3, -0.25) is 0 Å². The summed E-state index contributed by atoms with van der Waals surface area (Å²) in [6.07, 6.45) is 1.91. The molecule has 5 heteroatoms. The molecular weight excluding hydrogens is 273 g/mol. The molecular formula is C16H18FNO3. The highest BCUT2D eigenvalue weighted by Crippen LogP contribution is 2.29. The molecule has 21 heavy (non-hydrogen) atoms. The van der Waals surface area contributed by atoms with Crippen molar-refractivity contribution in [3.05, 3.63) is 35.3 Å². The number of hydrogen-bond donors (Lipinski definition) is 1. The van der Waals surface area contributed by atoms with Crippen molar-refractivity contribution in [1.29, 1.82) is 0 Å². The van der Waals surface area contributed by atoms with Gasteiger partial charge < -0.3 is 14.4 Å². The monoisotopic (exact) mass is 291 g/mol. The topological polar surface area (TPSA) is 51.5 Å². The van der Waals surface area contributed by atoms with Gasteiger partial charge in [-0.25, -0.2) is 9.18 Å². The Labute approximate surface area is 122 Å². The zero-order chi connectivity index (χ0) is 15.0. The van der Waals surface area contributed by atoms with Crippen molar-refractivity contribution in [3.63, 3.8) is 0 Å². The number of nitrogens with zero attached hydrogens (tertiary/aromatic N) is 1. The summed E-state index contributed by atoms with van der Waals surface area (Å²) in [5.41, 5.74) is 1.63. The van der Waals surface area contributed by atoms with Gasteiger partial charge in [-0.1, -0.05) is 0 Å². The second-order valence-corrected chi connectivity index (χ2v) is 5.59. The van der Waals surface area contributed by atoms with Gasteiger partial charge in [-0.15, -0.1) is 0 Å². The summed E-state index contributed by atoms with van der Waals surface area (Å²) in [5.74, 6) is -0.863. The number of fused-ring (bicyclic) bond motifs is 1. The van der Waals surface area contributed by atoms with Crippen LogP contribution in [0.15, 0.2) is 18.2 Å². The van der Waals surface area contributed by atoms with Crippen LogP contribution in [-0.4, -0.2) is 28.9 Å². The molecule has 4 nitrogen and oxygen atoms in total. The number of ether oxygens (including phenoxy) is 1. The Morgan fingerprint density at radius 3 is 2.81 bits per heavy atom. The van der Waals surface area contributed by atoms with Crippen LogP contribution in [0.4, 0.5) is 4.39 Å². The number of carbonyl (C=O) groups is 1. The van der Waals surface area contributed by atoms with Crippen molar-refractivity contribution < 1.29 is 19.0 Å². The van der Waals surface area contributed by atoms with Crippen LogP contribution in [0.2, 0.25) is 0 Å². The number of carboxylic acid groups (broad SMARTS) is 1. The number of halogens is 1. The predicted octanol–water partition coefficient (Wildman–Crippen LogP) is 3.21. The fourth-order valence-corrected chi connectivity index (χ4v) is 3.14. The lowest BCUT2D eigenvalue weighted by atomic mass is 10.0. The molecule has 1 fully saturated rings. The van der Waals surface area contributed by atoms with E-state index in [-0.39, 0.29) is 11.4 Å². The number of aromatic carboxylic acids is 1. The van der Waals surface area contributed by atoms with E-state index in [0.29, 0.717) is 29.1 Å². The summed E-state index contributed by atoms with van der Waals surface area (Å²) in [6, 6.07) is 4.29. The first-order valence-electron chi connectivity index (χ1n) is 7.17. The third kappa shape index (κ3) is 2.53. The van der Waals surface area contributed by atoms with E-state index in [2.05, 4.69) is 0 Å². The Bertz CT molecular complexity index is 686. The van der Waals surface area contributed by atoms with Crippen LogP contribution in [0.1, 0.15) is 28.9 Å². The molecule has 1 aliphatic heterocycles. The lowest BCUT2D eigenvalue weighted by Gasteiger charge is -2.23. The van der Waals surface area contributed by atoms with Crippen molar-refractivity contribution in [2.45, 2.75) is 26.3 Å². The molecule has 1 aromatic heterocycles. The minimum absolute atomic E-state index is 0.275. The highest BCUT2D eigenvalue weighted by atomic mass is 19.1. The zero-order valence-corrected chi connectivity index (χ0v) is 11.9. The third-order valence-electron chi connectivity index (χ3n) is 4.28. The van der Waals surface area contributed by atoms with Crippen molar-refractivity contribution >= 4 is 16.9 Å². The molecule has 0 aliphatic carbocycles. The fraction of sp³-hybridized carbons (Fsp3) is 0.438. The van der Waals surface area contributed by atoms with E-state index in [9.17, 15) is 14.3 Å². The van der Waals surface area contributed by atoms with Crippen LogP contribution in [0, 0.1) is 18.7 Å². The number of benzene rings is 1. The van der Waals surface area contributed by atoms with Crippen molar-refractivity contribution in [1.82, 2.24) is 4.57 Å². The number of rotatable bonds is 3. The van der Waals surface area contributed by atoms with Crippen molar-refractivity contribution in [2.24, 2.45) is 5.92 Å². The summed E-state index contributed by atoms with van der Waals surface area (Å²) in [4.78, 5) is 11.5. The Morgan fingerprint density at radius 2 is 2.14 bits per heavy atom. The first kappa shape index (κ1) is 14.1. The van der Waals surface area contributed by atoms with Gasteiger partial charge in [0.1, 0.15) is 5.82 Å². The van der Waals surface area contributed by atoms with Crippen LogP contribution in [0.5, 0.6) is 0 Å². The molecule has 2 aromatic rings. The van der Waals surface area contributed by atoms with Crippen molar-refractivity contribution in [3.8, 4) is 0 Å². The Balaban J connectivity index is 2.09. The minimum Gasteiger partial charge on any atom is -0.478 e. The third-order valence-corrected chi connectivity index (χ3v) is 4.28. The molecule has 1 aliphatic rings. The second kappa shape index (κ2) is 5.48. The van der Waals surface area contributed by atoms with Gasteiger partial charge in [-0.2, -0.15) is 0 Å². The lowest BCUT2D eigenvalue weighted by molar-refractivity contribution is 0.0612. The number of aromatic nitrogens is 1. The largest absolute Gasteiger partial charge is 0.478 e. The molecule has 0 bridgehead atoms. The Kier molecular flexibility index (Phi) is 3.68. The summed E-state index contributed by atoms with van der Waals surface area (Å²) in [5, 5.41) is 10.0. The van der Waals surface area contributed by atoms with E-state index in [1.54, 1.807) is 13.0 Å². The van der Waals surface area contributed by atoms with E-state index in [1.807, 2.05) is 4.57 Å². The maximum Gasteiger partial charge on any atom is 0.338 e. The van der Waals surface area contributed by atoms with Crippen molar-refractivity contribution in [2.75, 3.05) is 13.2 Å². The molecule has 1 aromatic carbocycles. The first-order chi connectivity index (χ1) is 10.1. The average molecular weight is 291 g/mol. The SMILES string of the molecule is Cc1c(C(=O)O)c2ccc(F)cc2n1CC1CCOCC1. The molecule has 0 saturated carbocycles. The van der Waals surface area contributed by atoms with Gasteiger partial charge >= 0.3 is 5.97 Å². The predicted molar refractivity (Wildman–Crippen MR) is 77.1 cm³/mol. The molecule has 2 heterocycles. The molecule has 0 unspecified atom stereocenters. The number of carboxylic acids is 1. The van der Waals surface area contributed by atoms with E-state index in [1.165, 1.54) is 12.1 Å². The van der Waals surface area contributed by atoms with Crippen LogP contribution < -0.4 is 0 Å². The van der Waals surface area contributed by atoms with Gasteiger partial charge in [0.25, 0.3) is 0 Å². The summed E-state index contributed by atoms with van der Waals surface area (Å²) < 4.78 is 20.9. The summed E-state index contributed by atoms with van der Waals surface area (Å²) in [7, 11) is 0. The van der Waals surface area contributed by atoms with Gasteiger partial charge in [0.05, 0.1) is 11.1 Å². The summed E-state index contributed by atoms with van der Waals surface area (Å²) in [6.45, 7) is 3.98. The lowest BCUT2D eigenvalue weighted by Crippen LogP contribution is -2.21.